The molecule has 1 amide bonds. The molecule has 1 fully saturated rings. The van der Waals surface area contributed by atoms with Crippen LogP contribution in [0.3, 0.4) is 0 Å². The lowest BCUT2D eigenvalue weighted by molar-refractivity contribution is -0.160. The van der Waals surface area contributed by atoms with Crippen LogP contribution < -0.4 is 0 Å². The van der Waals surface area contributed by atoms with Gasteiger partial charge < -0.3 is 9.64 Å². The maximum absolute atomic E-state index is 13.0. The lowest BCUT2D eigenvalue weighted by atomic mass is 9.75. The SMILES string of the molecule is CCOC(=O)[C@@]1(Cc2cccc(Cl)c2)CCCN(C(=O)CCc2cccnc2)C1. The lowest BCUT2D eigenvalue weighted by Crippen LogP contribution is -2.51. The second-order valence-electron chi connectivity index (χ2n) is 7.59. The molecule has 6 heteroatoms. The summed E-state index contributed by atoms with van der Waals surface area (Å²) in [7, 11) is 0. The molecule has 1 aliphatic rings. The molecule has 1 aromatic carbocycles. The van der Waals surface area contributed by atoms with E-state index in [4.69, 9.17) is 16.3 Å². The summed E-state index contributed by atoms with van der Waals surface area (Å²) in [5.74, 6) is -0.168. The largest absolute Gasteiger partial charge is 0.466 e. The quantitative estimate of drug-likeness (QED) is 0.640. The summed E-state index contributed by atoms with van der Waals surface area (Å²) in [6.45, 7) is 3.18. The van der Waals surface area contributed by atoms with Gasteiger partial charge in [-0.15, -0.1) is 0 Å². The highest BCUT2D eigenvalue weighted by Gasteiger charge is 2.44. The van der Waals surface area contributed by atoms with E-state index in [2.05, 4.69) is 4.98 Å². The van der Waals surface area contributed by atoms with Gasteiger partial charge in [-0.2, -0.15) is 0 Å². The van der Waals surface area contributed by atoms with E-state index in [0.29, 0.717) is 50.4 Å². The van der Waals surface area contributed by atoms with Crippen LogP contribution in [0.25, 0.3) is 0 Å². The first-order valence-corrected chi connectivity index (χ1v) is 10.5. The van der Waals surface area contributed by atoms with Crippen LogP contribution in [0, 0.1) is 5.41 Å². The van der Waals surface area contributed by atoms with Gasteiger partial charge in [0.1, 0.15) is 0 Å². The monoisotopic (exact) mass is 414 g/mol. The number of rotatable bonds is 7. The highest BCUT2D eigenvalue weighted by molar-refractivity contribution is 6.30. The Bertz CT molecular complexity index is 843. The van der Waals surface area contributed by atoms with Gasteiger partial charge in [-0.05, 0) is 61.9 Å². The Kier molecular flexibility index (Phi) is 7.26. The van der Waals surface area contributed by atoms with E-state index in [1.165, 1.54) is 0 Å². The number of benzene rings is 1. The fourth-order valence-electron chi connectivity index (χ4n) is 4.00. The van der Waals surface area contributed by atoms with Gasteiger partial charge in [-0.3, -0.25) is 14.6 Å². The Morgan fingerprint density at radius 2 is 2.07 bits per heavy atom. The molecule has 3 rings (SSSR count). The average Bonchev–Trinajstić information content (AvgIpc) is 2.73. The minimum absolute atomic E-state index is 0.0633. The molecular weight excluding hydrogens is 388 g/mol. The first-order valence-electron chi connectivity index (χ1n) is 10.1. The second-order valence-corrected chi connectivity index (χ2v) is 8.02. The minimum Gasteiger partial charge on any atom is -0.466 e. The summed E-state index contributed by atoms with van der Waals surface area (Å²) < 4.78 is 5.43. The van der Waals surface area contributed by atoms with Crippen LogP contribution in [0.1, 0.15) is 37.3 Å². The van der Waals surface area contributed by atoms with Crippen LogP contribution in [0.4, 0.5) is 0 Å². The number of likely N-dealkylation sites (tertiary alicyclic amines) is 1. The minimum atomic E-state index is -0.733. The van der Waals surface area contributed by atoms with Gasteiger partial charge in [0.05, 0.1) is 12.0 Å². The third kappa shape index (κ3) is 5.57. The van der Waals surface area contributed by atoms with Gasteiger partial charge in [0.25, 0.3) is 0 Å². The smallest absolute Gasteiger partial charge is 0.314 e. The van der Waals surface area contributed by atoms with Gasteiger partial charge in [-0.25, -0.2) is 0 Å². The molecule has 0 bridgehead atoms. The van der Waals surface area contributed by atoms with E-state index >= 15 is 0 Å². The Labute approximate surface area is 177 Å². The highest BCUT2D eigenvalue weighted by Crippen LogP contribution is 2.36. The van der Waals surface area contributed by atoms with Crippen molar-refractivity contribution < 1.29 is 14.3 Å². The van der Waals surface area contributed by atoms with Crippen molar-refractivity contribution in [2.24, 2.45) is 5.41 Å². The maximum atomic E-state index is 13.0. The second kappa shape index (κ2) is 9.88. The number of hydrogen-bond donors (Lipinski definition) is 0. The van der Waals surface area contributed by atoms with Gasteiger partial charge in [0.2, 0.25) is 5.91 Å². The van der Waals surface area contributed by atoms with Crippen LogP contribution in [0.5, 0.6) is 0 Å². The molecule has 154 valence electrons. The fraction of sp³-hybridized carbons (Fsp3) is 0.435. The molecule has 5 nitrogen and oxygen atoms in total. The molecule has 1 aromatic heterocycles. The highest BCUT2D eigenvalue weighted by atomic mass is 35.5. The molecule has 0 saturated carbocycles. The standard InChI is InChI=1S/C23H27ClN2O3/c1-2-29-22(28)23(15-19-6-3-8-20(24)14-19)11-5-13-26(17-23)21(27)10-9-18-7-4-12-25-16-18/h3-4,6-8,12,14,16H,2,5,9-11,13,15,17H2,1H3/t23-/m1/s1. The van der Waals surface area contributed by atoms with Crippen molar-refractivity contribution in [1.29, 1.82) is 0 Å². The molecule has 2 heterocycles. The zero-order chi connectivity index (χ0) is 20.7. The summed E-state index contributed by atoms with van der Waals surface area (Å²) in [6, 6.07) is 11.4. The molecule has 0 N–H and O–H groups in total. The van der Waals surface area contributed by atoms with Crippen molar-refractivity contribution in [3.63, 3.8) is 0 Å². The summed E-state index contributed by atoms with van der Waals surface area (Å²) in [5, 5.41) is 0.640. The van der Waals surface area contributed by atoms with Gasteiger partial charge in [-0.1, -0.05) is 29.8 Å². The summed E-state index contributed by atoms with van der Waals surface area (Å²) in [4.78, 5) is 31.8. The number of nitrogens with zero attached hydrogens (tertiary/aromatic N) is 2. The Balaban J connectivity index is 1.74. The Morgan fingerprint density at radius 1 is 1.24 bits per heavy atom. The number of aryl methyl sites for hydroxylation is 1. The normalized spacial score (nSPS) is 19.0. The predicted molar refractivity (Wildman–Crippen MR) is 113 cm³/mol. The van der Waals surface area contributed by atoms with Gasteiger partial charge in [0.15, 0.2) is 0 Å². The van der Waals surface area contributed by atoms with Crippen molar-refractivity contribution in [3.8, 4) is 0 Å². The number of pyridine rings is 1. The number of carbonyl (C=O) groups excluding carboxylic acids is 2. The average molecular weight is 415 g/mol. The zero-order valence-electron chi connectivity index (χ0n) is 16.8. The molecular formula is C23H27ClN2O3. The van der Waals surface area contributed by atoms with E-state index in [1.54, 1.807) is 12.4 Å². The number of amides is 1. The van der Waals surface area contributed by atoms with Crippen molar-refractivity contribution in [2.45, 2.75) is 39.0 Å². The molecule has 29 heavy (non-hydrogen) atoms. The van der Waals surface area contributed by atoms with Crippen molar-refractivity contribution in [1.82, 2.24) is 9.88 Å². The van der Waals surface area contributed by atoms with Gasteiger partial charge in [0, 0.05) is 36.9 Å². The molecule has 0 aliphatic carbocycles. The topological polar surface area (TPSA) is 59.5 Å². The van der Waals surface area contributed by atoms with E-state index in [1.807, 2.05) is 48.2 Å². The summed E-state index contributed by atoms with van der Waals surface area (Å²) in [5.41, 5.74) is 1.28. The number of carbonyl (C=O) groups is 2. The Hall–Kier alpha value is -2.40. The first kappa shape index (κ1) is 21.3. The fourth-order valence-corrected chi connectivity index (χ4v) is 4.22. The number of piperidine rings is 1. The number of halogens is 1. The van der Waals surface area contributed by atoms with Crippen molar-refractivity contribution in [2.75, 3.05) is 19.7 Å². The van der Waals surface area contributed by atoms with E-state index < -0.39 is 5.41 Å². The van der Waals surface area contributed by atoms with Gasteiger partial charge >= 0.3 is 5.97 Å². The summed E-state index contributed by atoms with van der Waals surface area (Å²) in [6.07, 6.45) is 6.54. The van der Waals surface area contributed by atoms with E-state index in [9.17, 15) is 9.59 Å². The predicted octanol–water partition coefficient (Wildman–Crippen LogP) is 4.08. The molecule has 1 saturated heterocycles. The molecule has 0 spiro atoms. The van der Waals surface area contributed by atoms with Crippen molar-refractivity contribution in [3.05, 3.63) is 64.9 Å². The molecule has 2 aromatic rings. The maximum Gasteiger partial charge on any atom is 0.314 e. The molecule has 0 unspecified atom stereocenters. The third-order valence-electron chi connectivity index (χ3n) is 5.42. The van der Waals surface area contributed by atoms with Crippen LogP contribution >= 0.6 is 11.6 Å². The van der Waals surface area contributed by atoms with Crippen LogP contribution in [0.2, 0.25) is 5.02 Å². The van der Waals surface area contributed by atoms with Crippen LogP contribution in [0.15, 0.2) is 48.8 Å². The number of hydrogen-bond acceptors (Lipinski definition) is 4. The number of ether oxygens (including phenoxy) is 1. The Morgan fingerprint density at radius 3 is 2.79 bits per heavy atom. The van der Waals surface area contributed by atoms with Crippen LogP contribution in [-0.4, -0.2) is 41.5 Å². The number of esters is 1. The lowest BCUT2D eigenvalue weighted by Gasteiger charge is -2.41. The third-order valence-corrected chi connectivity index (χ3v) is 5.66. The number of aromatic nitrogens is 1. The van der Waals surface area contributed by atoms with Crippen LogP contribution in [-0.2, 0) is 27.2 Å². The van der Waals surface area contributed by atoms with E-state index in [-0.39, 0.29) is 11.9 Å². The summed E-state index contributed by atoms with van der Waals surface area (Å²) >= 11 is 6.14. The van der Waals surface area contributed by atoms with Crippen molar-refractivity contribution >= 4 is 23.5 Å². The molecule has 0 radical (unpaired) electrons. The zero-order valence-corrected chi connectivity index (χ0v) is 17.5. The molecule has 1 aliphatic heterocycles. The van der Waals surface area contributed by atoms with E-state index in [0.717, 1.165) is 17.5 Å². The first-order chi connectivity index (χ1) is 14.0. The molecule has 1 atom stereocenters.